The van der Waals surface area contributed by atoms with Gasteiger partial charge in [-0.3, -0.25) is 0 Å². The summed E-state index contributed by atoms with van der Waals surface area (Å²) in [6.45, 7) is 4.50. The molecule has 1 aliphatic carbocycles. The van der Waals surface area contributed by atoms with Crippen LogP contribution in [0.4, 0.5) is 0 Å². The van der Waals surface area contributed by atoms with Crippen molar-refractivity contribution in [1.82, 2.24) is 0 Å². The van der Waals surface area contributed by atoms with Gasteiger partial charge in [-0.15, -0.1) is 0 Å². The van der Waals surface area contributed by atoms with Crippen LogP contribution >= 0.6 is 0 Å². The van der Waals surface area contributed by atoms with Crippen molar-refractivity contribution in [3.63, 3.8) is 0 Å². The molecule has 0 aliphatic heterocycles. The first-order valence-corrected chi connectivity index (χ1v) is 5.44. The smallest absolute Gasteiger partial charge is 0.00105 e. The Hall–Kier alpha value is -0.0400. The standard InChI is InChI=1S/C11H23N/c1-9-4-3-5-11(8-9)7-6-10(2)12/h9-11H,3-8,12H2,1-2H3. The van der Waals surface area contributed by atoms with E-state index in [1.807, 2.05) is 0 Å². The molecule has 72 valence electrons. The molecule has 3 unspecified atom stereocenters. The third kappa shape index (κ3) is 3.57. The number of nitrogens with two attached hydrogens (primary N) is 1. The minimum Gasteiger partial charge on any atom is -0.328 e. The highest BCUT2D eigenvalue weighted by molar-refractivity contribution is 4.71. The van der Waals surface area contributed by atoms with Crippen molar-refractivity contribution in [2.45, 2.75) is 58.4 Å². The molecule has 3 atom stereocenters. The normalized spacial score (nSPS) is 33.2. The van der Waals surface area contributed by atoms with Crippen molar-refractivity contribution in [2.24, 2.45) is 17.6 Å². The van der Waals surface area contributed by atoms with E-state index in [0.717, 1.165) is 11.8 Å². The Kier molecular flexibility index (Phi) is 4.07. The highest BCUT2D eigenvalue weighted by Gasteiger charge is 2.18. The highest BCUT2D eigenvalue weighted by Crippen LogP contribution is 2.31. The third-order valence-electron chi connectivity index (χ3n) is 3.08. The van der Waals surface area contributed by atoms with Crippen molar-refractivity contribution in [1.29, 1.82) is 0 Å². The van der Waals surface area contributed by atoms with Crippen molar-refractivity contribution in [3.05, 3.63) is 0 Å². The maximum Gasteiger partial charge on any atom is 0.00105 e. The summed E-state index contributed by atoms with van der Waals surface area (Å²) < 4.78 is 0. The number of rotatable bonds is 3. The Bertz CT molecular complexity index is 120. The molecule has 0 aromatic heterocycles. The highest BCUT2D eigenvalue weighted by atomic mass is 14.6. The van der Waals surface area contributed by atoms with E-state index in [9.17, 15) is 0 Å². The average Bonchev–Trinajstić information content (AvgIpc) is 2.01. The second-order valence-corrected chi connectivity index (χ2v) is 4.69. The van der Waals surface area contributed by atoms with Crippen molar-refractivity contribution in [2.75, 3.05) is 0 Å². The first-order chi connectivity index (χ1) is 5.68. The Balaban J connectivity index is 2.14. The summed E-state index contributed by atoms with van der Waals surface area (Å²) in [7, 11) is 0. The van der Waals surface area contributed by atoms with Crippen LogP contribution in [0.2, 0.25) is 0 Å². The van der Waals surface area contributed by atoms with Gasteiger partial charge in [0.1, 0.15) is 0 Å². The first-order valence-electron chi connectivity index (χ1n) is 5.44. The van der Waals surface area contributed by atoms with Gasteiger partial charge in [-0.25, -0.2) is 0 Å². The Morgan fingerprint density at radius 1 is 1.42 bits per heavy atom. The molecule has 1 nitrogen and oxygen atoms in total. The molecule has 0 amide bonds. The summed E-state index contributed by atoms with van der Waals surface area (Å²) in [6.07, 6.45) is 8.39. The molecule has 1 rings (SSSR count). The second kappa shape index (κ2) is 4.86. The van der Waals surface area contributed by atoms with Gasteiger partial charge >= 0.3 is 0 Å². The Labute approximate surface area is 76.7 Å². The predicted octanol–water partition coefficient (Wildman–Crippen LogP) is 2.94. The van der Waals surface area contributed by atoms with E-state index in [4.69, 9.17) is 5.73 Å². The van der Waals surface area contributed by atoms with Gasteiger partial charge in [-0.05, 0) is 38.0 Å². The maximum atomic E-state index is 5.74. The molecule has 0 aromatic carbocycles. The van der Waals surface area contributed by atoms with Gasteiger partial charge < -0.3 is 5.73 Å². The molecule has 0 radical (unpaired) electrons. The molecule has 1 saturated carbocycles. The van der Waals surface area contributed by atoms with Gasteiger partial charge in [0.05, 0.1) is 0 Å². The second-order valence-electron chi connectivity index (χ2n) is 4.69. The van der Waals surface area contributed by atoms with Crippen LogP contribution in [-0.4, -0.2) is 6.04 Å². The summed E-state index contributed by atoms with van der Waals surface area (Å²) >= 11 is 0. The van der Waals surface area contributed by atoms with Crippen molar-refractivity contribution >= 4 is 0 Å². The van der Waals surface area contributed by atoms with Gasteiger partial charge in [0.25, 0.3) is 0 Å². The summed E-state index contributed by atoms with van der Waals surface area (Å²) in [5, 5.41) is 0. The Morgan fingerprint density at radius 2 is 2.17 bits per heavy atom. The monoisotopic (exact) mass is 169 g/mol. The van der Waals surface area contributed by atoms with Crippen LogP contribution in [0, 0.1) is 11.8 Å². The molecule has 1 fully saturated rings. The van der Waals surface area contributed by atoms with Crippen molar-refractivity contribution < 1.29 is 0 Å². The third-order valence-corrected chi connectivity index (χ3v) is 3.08. The van der Waals surface area contributed by atoms with Gasteiger partial charge in [-0.1, -0.05) is 26.2 Å². The zero-order chi connectivity index (χ0) is 8.97. The first kappa shape index (κ1) is 10.0. The number of hydrogen-bond donors (Lipinski definition) is 1. The summed E-state index contributed by atoms with van der Waals surface area (Å²) in [5.41, 5.74) is 5.74. The van der Waals surface area contributed by atoms with Crippen LogP contribution in [0.3, 0.4) is 0 Å². The van der Waals surface area contributed by atoms with E-state index in [1.165, 1.54) is 38.5 Å². The molecule has 2 N–H and O–H groups in total. The van der Waals surface area contributed by atoms with Crippen LogP contribution in [0.25, 0.3) is 0 Å². The van der Waals surface area contributed by atoms with E-state index >= 15 is 0 Å². The van der Waals surface area contributed by atoms with E-state index in [-0.39, 0.29) is 0 Å². The fourth-order valence-corrected chi connectivity index (χ4v) is 2.32. The molecule has 12 heavy (non-hydrogen) atoms. The lowest BCUT2D eigenvalue weighted by Crippen LogP contribution is -2.19. The largest absolute Gasteiger partial charge is 0.328 e. The fourth-order valence-electron chi connectivity index (χ4n) is 2.32. The van der Waals surface area contributed by atoms with Crippen LogP contribution in [0.15, 0.2) is 0 Å². The molecule has 1 aliphatic rings. The van der Waals surface area contributed by atoms with Crippen LogP contribution in [-0.2, 0) is 0 Å². The SMILES string of the molecule is CC(N)CCC1CCCC(C)C1. The molecule has 0 heterocycles. The van der Waals surface area contributed by atoms with Crippen LogP contribution in [0.5, 0.6) is 0 Å². The van der Waals surface area contributed by atoms with Gasteiger partial charge in [-0.2, -0.15) is 0 Å². The summed E-state index contributed by atoms with van der Waals surface area (Å²) in [4.78, 5) is 0. The Morgan fingerprint density at radius 3 is 2.75 bits per heavy atom. The average molecular weight is 169 g/mol. The van der Waals surface area contributed by atoms with Crippen molar-refractivity contribution in [3.8, 4) is 0 Å². The lowest BCUT2D eigenvalue weighted by Gasteiger charge is -2.27. The summed E-state index contributed by atoms with van der Waals surface area (Å²) in [6, 6.07) is 0.405. The van der Waals surface area contributed by atoms with Gasteiger partial charge in [0.2, 0.25) is 0 Å². The minimum absolute atomic E-state index is 0.405. The molecule has 0 saturated heterocycles. The molecule has 0 spiro atoms. The van der Waals surface area contributed by atoms with E-state index in [2.05, 4.69) is 13.8 Å². The molecule has 0 aromatic rings. The topological polar surface area (TPSA) is 26.0 Å². The van der Waals surface area contributed by atoms with E-state index < -0.39 is 0 Å². The van der Waals surface area contributed by atoms with Gasteiger partial charge in [0.15, 0.2) is 0 Å². The van der Waals surface area contributed by atoms with Gasteiger partial charge in [0, 0.05) is 6.04 Å². The quantitative estimate of drug-likeness (QED) is 0.690. The fraction of sp³-hybridized carbons (Fsp3) is 1.00. The van der Waals surface area contributed by atoms with E-state index in [0.29, 0.717) is 6.04 Å². The van der Waals surface area contributed by atoms with Crippen LogP contribution < -0.4 is 5.73 Å². The lowest BCUT2D eigenvalue weighted by atomic mass is 9.80. The molecule has 1 heteroatoms. The van der Waals surface area contributed by atoms with Crippen LogP contribution in [0.1, 0.15) is 52.4 Å². The molecule has 0 bridgehead atoms. The zero-order valence-corrected chi connectivity index (χ0v) is 8.55. The zero-order valence-electron chi connectivity index (χ0n) is 8.55. The number of hydrogen-bond acceptors (Lipinski definition) is 1. The minimum atomic E-state index is 0.405. The molecular formula is C11H23N. The maximum absolute atomic E-state index is 5.74. The molecular weight excluding hydrogens is 146 g/mol. The summed E-state index contributed by atoms with van der Waals surface area (Å²) in [5.74, 6) is 1.96. The lowest BCUT2D eigenvalue weighted by molar-refractivity contribution is 0.262. The predicted molar refractivity (Wildman–Crippen MR) is 54.0 cm³/mol. The van der Waals surface area contributed by atoms with E-state index in [1.54, 1.807) is 0 Å².